The average molecular weight is 315 g/mol. The van der Waals surface area contributed by atoms with Crippen LogP contribution in [0.15, 0.2) is 16.1 Å². The first-order chi connectivity index (χ1) is 10.3. The summed E-state index contributed by atoms with van der Waals surface area (Å²) >= 11 is 0. The van der Waals surface area contributed by atoms with E-state index in [4.69, 9.17) is 17.2 Å². The van der Waals surface area contributed by atoms with E-state index in [1.807, 2.05) is 0 Å². The highest BCUT2D eigenvalue weighted by atomic mass is 19.2. The van der Waals surface area contributed by atoms with Crippen LogP contribution >= 0.6 is 0 Å². The Labute approximate surface area is 123 Å². The van der Waals surface area contributed by atoms with Crippen molar-refractivity contribution in [2.24, 2.45) is 27.2 Å². The first kappa shape index (κ1) is 15.8. The van der Waals surface area contributed by atoms with Gasteiger partial charge in [-0.25, -0.2) is 17.6 Å². The summed E-state index contributed by atoms with van der Waals surface area (Å²) in [6.45, 7) is 0.0773. The van der Waals surface area contributed by atoms with Gasteiger partial charge in [0.1, 0.15) is 0 Å². The van der Waals surface area contributed by atoms with Crippen molar-refractivity contribution < 1.29 is 17.6 Å². The molecule has 0 atom stereocenters. The van der Waals surface area contributed by atoms with Gasteiger partial charge in [-0.3, -0.25) is 4.99 Å². The van der Waals surface area contributed by atoms with Crippen LogP contribution in [0.3, 0.4) is 0 Å². The van der Waals surface area contributed by atoms with Crippen LogP contribution < -0.4 is 17.2 Å². The van der Waals surface area contributed by atoms with Crippen LogP contribution in [-0.2, 0) is 6.42 Å². The molecule has 0 bridgehead atoms. The Balaban J connectivity index is 2.21. The van der Waals surface area contributed by atoms with Gasteiger partial charge in [0.15, 0.2) is 29.2 Å². The van der Waals surface area contributed by atoms with Crippen LogP contribution in [0.2, 0.25) is 0 Å². The summed E-state index contributed by atoms with van der Waals surface area (Å²) in [4.78, 5) is 7.29. The van der Waals surface area contributed by atoms with Gasteiger partial charge >= 0.3 is 0 Å². The summed E-state index contributed by atoms with van der Waals surface area (Å²) in [5, 5.41) is 0. The smallest absolute Gasteiger partial charge is 0.218 e. The topological polar surface area (TPSA) is 103 Å². The molecule has 0 fully saturated rings. The molecule has 0 unspecified atom stereocenters. The van der Waals surface area contributed by atoms with Gasteiger partial charge in [-0.15, -0.1) is 0 Å². The van der Waals surface area contributed by atoms with Crippen molar-refractivity contribution in [2.75, 3.05) is 6.54 Å². The molecule has 1 aromatic rings. The molecule has 118 valence electrons. The molecule has 0 saturated carbocycles. The third-order valence-electron chi connectivity index (χ3n) is 3.14. The normalized spacial score (nSPS) is 13.8. The predicted molar refractivity (Wildman–Crippen MR) is 74.9 cm³/mol. The Hall–Kier alpha value is -2.58. The molecule has 1 aliphatic carbocycles. The number of hydrogen-bond donors (Lipinski definition) is 3. The largest absolute Gasteiger partial charge is 0.370 e. The van der Waals surface area contributed by atoms with Gasteiger partial charge in [-0.2, -0.15) is 4.99 Å². The molecule has 0 radical (unpaired) electrons. The van der Waals surface area contributed by atoms with E-state index in [1.54, 1.807) is 0 Å². The minimum Gasteiger partial charge on any atom is -0.370 e. The Morgan fingerprint density at radius 3 is 2.27 bits per heavy atom. The summed E-state index contributed by atoms with van der Waals surface area (Å²) < 4.78 is 53.9. The molecule has 0 aromatic heterocycles. The second-order valence-corrected chi connectivity index (χ2v) is 4.57. The van der Waals surface area contributed by atoms with Crippen LogP contribution in [0.1, 0.15) is 17.5 Å². The van der Waals surface area contributed by atoms with E-state index < -0.39 is 23.3 Å². The molecule has 0 amide bonds. The maximum absolute atomic E-state index is 13.8. The van der Waals surface area contributed by atoms with Gasteiger partial charge in [0.25, 0.3) is 0 Å². The molecule has 2 rings (SSSR count). The Kier molecular flexibility index (Phi) is 4.34. The molecule has 6 N–H and O–H groups in total. The third kappa shape index (κ3) is 2.87. The zero-order valence-electron chi connectivity index (χ0n) is 11.3. The Morgan fingerprint density at radius 2 is 1.64 bits per heavy atom. The number of nitrogens with two attached hydrogens (primary N) is 3. The van der Waals surface area contributed by atoms with Crippen molar-refractivity contribution in [3.05, 3.63) is 40.5 Å². The molecule has 0 heterocycles. The van der Waals surface area contributed by atoms with Gasteiger partial charge in [0.05, 0.1) is 0 Å². The molecule has 22 heavy (non-hydrogen) atoms. The van der Waals surface area contributed by atoms with Gasteiger partial charge in [0.2, 0.25) is 5.96 Å². The van der Waals surface area contributed by atoms with Gasteiger partial charge in [-0.05, 0) is 18.4 Å². The van der Waals surface area contributed by atoms with Gasteiger partial charge in [0, 0.05) is 17.7 Å². The molecular weight excluding hydrogens is 302 g/mol. The summed E-state index contributed by atoms with van der Waals surface area (Å²) in [5.74, 6) is -6.84. The first-order valence-electron chi connectivity index (χ1n) is 6.26. The molecule has 0 spiro atoms. The second-order valence-electron chi connectivity index (χ2n) is 4.57. The van der Waals surface area contributed by atoms with Crippen molar-refractivity contribution in [1.82, 2.24) is 0 Å². The zero-order chi connectivity index (χ0) is 16.4. The van der Waals surface area contributed by atoms with Crippen molar-refractivity contribution >= 4 is 17.5 Å². The molecule has 5 nitrogen and oxygen atoms in total. The maximum atomic E-state index is 13.8. The van der Waals surface area contributed by atoms with Crippen LogP contribution in [0, 0.1) is 23.3 Å². The highest BCUT2D eigenvalue weighted by Crippen LogP contribution is 2.36. The van der Waals surface area contributed by atoms with E-state index in [0.29, 0.717) is 5.57 Å². The number of hydrogen-bond acceptors (Lipinski definition) is 1. The number of guanidine groups is 2. The number of allylic oxidation sites excluding steroid dienone is 1. The number of rotatable bonds is 3. The highest BCUT2D eigenvalue weighted by Gasteiger charge is 2.29. The zero-order valence-corrected chi connectivity index (χ0v) is 11.3. The van der Waals surface area contributed by atoms with E-state index in [1.165, 1.54) is 6.08 Å². The number of benzene rings is 1. The monoisotopic (exact) mass is 315 g/mol. The van der Waals surface area contributed by atoms with Gasteiger partial charge in [-0.1, -0.05) is 6.08 Å². The van der Waals surface area contributed by atoms with Crippen LogP contribution in [0.25, 0.3) is 5.57 Å². The fraction of sp³-hybridized carbons (Fsp3) is 0.231. The molecule has 1 aromatic carbocycles. The van der Waals surface area contributed by atoms with Gasteiger partial charge < -0.3 is 17.2 Å². The van der Waals surface area contributed by atoms with Crippen molar-refractivity contribution in [1.29, 1.82) is 0 Å². The highest BCUT2D eigenvalue weighted by molar-refractivity contribution is 5.92. The SMILES string of the molecule is NC(N)=NC(N)=NCCC1=CCc2c(F)c(F)c(F)c(F)c21. The average Bonchev–Trinajstić information content (AvgIpc) is 2.86. The Morgan fingerprint density at radius 1 is 1.00 bits per heavy atom. The predicted octanol–water partition coefficient (Wildman–Crippen LogP) is 1.16. The minimum atomic E-state index is -1.83. The summed E-state index contributed by atoms with van der Waals surface area (Å²) in [6.07, 6.45) is 1.62. The summed E-state index contributed by atoms with van der Waals surface area (Å²) in [5.41, 5.74) is 15.5. The molecule has 9 heteroatoms. The van der Waals surface area contributed by atoms with E-state index in [9.17, 15) is 17.6 Å². The lowest BCUT2D eigenvalue weighted by Crippen LogP contribution is -2.26. The quantitative estimate of drug-likeness (QED) is 0.256. The Bertz CT molecular complexity index is 705. The summed E-state index contributed by atoms with van der Waals surface area (Å²) in [7, 11) is 0. The minimum absolute atomic E-state index is 0.0162. The lowest BCUT2D eigenvalue weighted by Gasteiger charge is -2.09. The van der Waals surface area contributed by atoms with Crippen molar-refractivity contribution in [3.8, 4) is 0 Å². The number of nitrogens with zero attached hydrogens (tertiary/aromatic N) is 2. The second kappa shape index (κ2) is 6.04. The van der Waals surface area contributed by atoms with Crippen LogP contribution in [0.4, 0.5) is 17.6 Å². The fourth-order valence-electron chi connectivity index (χ4n) is 2.22. The lowest BCUT2D eigenvalue weighted by atomic mass is 10.0. The van der Waals surface area contributed by atoms with Crippen molar-refractivity contribution in [3.63, 3.8) is 0 Å². The van der Waals surface area contributed by atoms with Crippen molar-refractivity contribution in [2.45, 2.75) is 12.8 Å². The summed E-state index contributed by atoms with van der Waals surface area (Å²) in [6, 6.07) is 0. The molecule has 0 saturated heterocycles. The fourth-order valence-corrected chi connectivity index (χ4v) is 2.22. The number of aliphatic imine (C=N–C) groups is 2. The first-order valence-corrected chi connectivity index (χ1v) is 6.26. The van der Waals surface area contributed by atoms with Crippen LogP contribution in [0.5, 0.6) is 0 Å². The van der Waals surface area contributed by atoms with E-state index in [-0.39, 0.29) is 42.4 Å². The lowest BCUT2D eigenvalue weighted by molar-refractivity contribution is 0.404. The number of halogens is 4. The standard InChI is InChI=1S/C13H13F4N5/c14-8-6-2-1-5(3-4-21-13(20)22-12(18)19)7(6)9(15)11(17)10(8)16/h1H,2-4H2,(H6,18,19,20,21,22). The molecule has 0 aliphatic heterocycles. The molecular formula is C13H13F4N5. The third-order valence-corrected chi connectivity index (χ3v) is 3.14. The van der Waals surface area contributed by atoms with E-state index >= 15 is 0 Å². The van der Waals surface area contributed by atoms with Crippen LogP contribution in [-0.4, -0.2) is 18.5 Å². The molecule has 1 aliphatic rings. The maximum Gasteiger partial charge on any atom is 0.218 e. The number of fused-ring (bicyclic) bond motifs is 1. The van der Waals surface area contributed by atoms with E-state index in [0.717, 1.165) is 0 Å². The van der Waals surface area contributed by atoms with E-state index in [2.05, 4.69) is 9.98 Å².